The Hall–Kier alpha value is -1.33. The molecule has 5 heteroatoms. The standard InChI is InChI=1S/C13H21NO4/c1-9(14-8-13(2,3)17-5)10-6-7-11(18-10)12(15)16-4/h6-7,9,14H,8H2,1-5H3. The first kappa shape index (κ1) is 14.7. The lowest BCUT2D eigenvalue weighted by atomic mass is 10.1. The number of ether oxygens (including phenoxy) is 2. The third kappa shape index (κ3) is 3.85. The average molecular weight is 255 g/mol. The fourth-order valence-corrected chi connectivity index (χ4v) is 1.37. The number of esters is 1. The molecule has 102 valence electrons. The quantitative estimate of drug-likeness (QED) is 0.789. The van der Waals surface area contributed by atoms with Gasteiger partial charge in [0.25, 0.3) is 0 Å². The number of hydrogen-bond donors (Lipinski definition) is 1. The molecule has 1 atom stereocenters. The van der Waals surface area contributed by atoms with Gasteiger partial charge in [0.1, 0.15) is 5.76 Å². The number of carbonyl (C=O) groups excluding carboxylic acids is 1. The zero-order valence-corrected chi connectivity index (χ0v) is 11.6. The third-order valence-electron chi connectivity index (χ3n) is 2.83. The van der Waals surface area contributed by atoms with Crippen molar-refractivity contribution in [2.75, 3.05) is 20.8 Å². The number of furan rings is 1. The Morgan fingerprint density at radius 3 is 2.67 bits per heavy atom. The highest BCUT2D eigenvalue weighted by atomic mass is 16.5. The Morgan fingerprint density at radius 2 is 2.11 bits per heavy atom. The van der Waals surface area contributed by atoms with Crippen molar-refractivity contribution < 1.29 is 18.7 Å². The van der Waals surface area contributed by atoms with Gasteiger partial charge in [-0.25, -0.2) is 4.79 Å². The molecule has 5 nitrogen and oxygen atoms in total. The number of carbonyl (C=O) groups is 1. The van der Waals surface area contributed by atoms with E-state index in [1.165, 1.54) is 7.11 Å². The van der Waals surface area contributed by atoms with Gasteiger partial charge in [-0.1, -0.05) is 0 Å². The van der Waals surface area contributed by atoms with E-state index in [0.717, 1.165) is 0 Å². The topological polar surface area (TPSA) is 60.7 Å². The fraction of sp³-hybridized carbons (Fsp3) is 0.615. The molecule has 0 aliphatic rings. The van der Waals surface area contributed by atoms with Crippen molar-refractivity contribution in [2.45, 2.75) is 32.4 Å². The Morgan fingerprint density at radius 1 is 1.44 bits per heavy atom. The lowest BCUT2D eigenvalue weighted by molar-refractivity contribution is 0.0208. The van der Waals surface area contributed by atoms with Gasteiger partial charge in [-0.05, 0) is 32.9 Å². The summed E-state index contributed by atoms with van der Waals surface area (Å²) in [5.74, 6) is 0.445. The second-order valence-corrected chi connectivity index (χ2v) is 4.76. The van der Waals surface area contributed by atoms with Gasteiger partial charge in [-0.15, -0.1) is 0 Å². The van der Waals surface area contributed by atoms with E-state index in [4.69, 9.17) is 9.15 Å². The van der Waals surface area contributed by atoms with Crippen LogP contribution >= 0.6 is 0 Å². The predicted octanol–water partition coefficient (Wildman–Crippen LogP) is 2.14. The SMILES string of the molecule is COC(=O)c1ccc(C(C)NCC(C)(C)OC)o1. The van der Waals surface area contributed by atoms with Crippen molar-refractivity contribution in [3.05, 3.63) is 23.7 Å². The van der Waals surface area contributed by atoms with E-state index in [-0.39, 0.29) is 17.4 Å². The summed E-state index contributed by atoms with van der Waals surface area (Å²) in [5, 5.41) is 3.29. The first-order valence-electron chi connectivity index (χ1n) is 5.86. The summed E-state index contributed by atoms with van der Waals surface area (Å²) in [7, 11) is 3.00. The summed E-state index contributed by atoms with van der Waals surface area (Å²) >= 11 is 0. The maximum absolute atomic E-state index is 11.3. The minimum atomic E-state index is -0.467. The highest BCUT2D eigenvalue weighted by molar-refractivity contribution is 5.86. The van der Waals surface area contributed by atoms with Gasteiger partial charge in [0.15, 0.2) is 0 Å². The van der Waals surface area contributed by atoms with Crippen LogP contribution in [0.4, 0.5) is 0 Å². The van der Waals surface area contributed by atoms with Gasteiger partial charge in [-0.2, -0.15) is 0 Å². The Labute approximate surface area is 107 Å². The first-order chi connectivity index (χ1) is 8.39. The Balaban J connectivity index is 2.59. The Kier molecular flexibility index (Phi) is 4.93. The van der Waals surface area contributed by atoms with Crippen LogP contribution in [0.2, 0.25) is 0 Å². The molecule has 1 rings (SSSR count). The van der Waals surface area contributed by atoms with Crippen LogP contribution in [0.5, 0.6) is 0 Å². The van der Waals surface area contributed by atoms with Gasteiger partial charge in [0.05, 0.1) is 18.8 Å². The lowest BCUT2D eigenvalue weighted by Crippen LogP contribution is -2.37. The molecule has 0 aliphatic carbocycles. The van der Waals surface area contributed by atoms with Gasteiger partial charge in [0, 0.05) is 13.7 Å². The molecule has 1 aromatic rings. The van der Waals surface area contributed by atoms with Crippen LogP contribution < -0.4 is 5.32 Å². The molecule has 0 saturated carbocycles. The monoisotopic (exact) mass is 255 g/mol. The highest BCUT2D eigenvalue weighted by Gasteiger charge is 2.20. The van der Waals surface area contributed by atoms with E-state index in [1.54, 1.807) is 19.2 Å². The fourth-order valence-electron chi connectivity index (χ4n) is 1.37. The molecule has 18 heavy (non-hydrogen) atoms. The van der Waals surface area contributed by atoms with Crippen LogP contribution in [-0.4, -0.2) is 32.3 Å². The smallest absolute Gasteiger partial charge is 0.373 e. The van der Waals surface area contributed by atoms with E-state index >= 15 is 0 Å². The van der Waals surface area contributed by atoms with Gasteiger partial charge in [-0.3, -0.25) is 0 Å². The summed E-state index contributed by atoms with van der Waals surface area (Å²) < 4.78 is 15.3. The second-order valence-electron chi connectivity index (χ2n) is 4.76. The molecular formula is C13H21NO4. The molecule has 0 spiro atoms. The van der Waals surface area contributed by atoms with E-state index in [1.807, 2.05) is 20.8 Å². The number of rotatable bonds is 6. The zero-order chi connectivity index (χ0) is 13.8. The molecule has 1 heterocycles. The minimum Gasteiger partial charge on any atom is -0.463 e. The van der Waals surface area contributed by atoms with Gasteiger partial charge in [0.2, 0.25) is 5.76 Å². The number of hydrogen-bond acceptors (Lipinski definition) is 5. The predicted molar refractivity (Wildman–Crippen MR) is 67.6 cm³/mol. The summed E-state index contributed by atoms with van der Waals surface area (Å²) in [5.41, 5.74) is -0.244. The van der Waals surface area contributed by atoms with Crippen LogP contribution in [0.25, 0.3) is 0 Å². The van der Waals surface area contributed by atoms with Crippen LogP contribution in [0.15, 0.2) is 16.5 Å². The Bertz CT molecular complexity index is 397. The normalized spacial score (nSPS) is 13.4. The van der Waals surface area contributed by atoms with Crippen LogP contribution in [0.1, 0.15) is 43.1 Å². The molecule has 0 saturated heterocycles. The largest absolute Gasteiger partial charge is 0.463 e. The van der Waals surface area contributed by atoms with Crippen LogP contribution in [0, 0.1) is 0 Å². The molecule has 0 radical (unpaired) electrons. The molecule has 0 bridgehead atoms. The molecule has 1 N–H and O–H groups in total. The molecule has 0 aromatic carbocycles. The zero-order valence-electron chi connectivity index (χ0n) is 11.6. The van der Waals surface area contributed by atoms with Crippen molar-refractivity contribution in [1.82, 2.24) is 5.32 Å². The summed E-state index contributed by atoms with van der Waals surface area (Å²) in [4.78, 5) is 11.3. The first-order valence-corrected chi connectivity index (χ1v) is 5.86. The third-order valence-corrected chi connectivity index (χ3v) is 2.83. The highest BCUT2D eigenvalue weighted by Crippen LogP contribution is 2.18. The summed E-state index contributed by atoms with van der Waals surface area (Å²) in [6.45, 7) is 6.63. The van der Waals surface area contributed by atoms with E-state index < -0.39 is 5.97 Å². The lowest BCUT2D eigenvalue weighted by Gasteiger charge is -2.25. The second kappa shape index (κ2) is 6.02. The van der Waals surface area contributed by atoms with Crippen LogP contribution in [0.3, 0.4) is 0 Å². The molecule has 0 aliphatic heterocycles. The van der Waals surface area contributed by atoms with Crippen molar-refractivity contribution in [2.24, 2.45) is 0 Å². The number of methoxy groups -OCH3 is 2. The van der Waals surface area contributed by atoms with Crippen molar-refractivity contribution in [3.8, 4) is 0 Å². The minimum absolute atomic E-state index is 0.00201. The average Bonchev–Trinajstić information content (AvgIpc) is 2.84. The van der Waals surface area contributed by atoms with Crippen molar-refractivity contribution in [1.29, 1.82) is 0 Å². The molecule has 0 fully saturated rings. The molecule has 1 aromatic heterocycles. The van der Waals surface area contributed by atoms with E-state index in [0.29, 0.717) is 12.3 Å². The summed E-state index contributed by atoms with van der Waals surface area (Å²) in [6.07, 6.45) is 0. The van der Waals surface area contributed by atoms with Crippen molar-refractivity contribution in [3.63, 3.8) is 0 Å². The van der Waals surface area contributed by atoms with Crippen molar-refractivity contribution >= 4 is 5.97 Å². The van der Waals surface area contributed by atoms with Gasteiger partial charge >= 0.3 is 5.97 Å². The maximum Gasteiger partial charge on any atom is 0.373 e. The summed E-state index contributed by atoms with van der Waals surface area (Å²) in [6, 6.07) is 3.38. The van der Waals surface area contributed by atoms with Crippen LogP contribution in [-0.2, 0) is 9.47 Å². The van der Waals surface area contributed by atoms with E-state index in [9.17, 15) is 4.79 Å². The van der Waals surface area contributed by atoms with E-state index in [2.05, 4.69) is 10.1 Å². The molecular weight excluding hydrogens is 234 g/mol. The molecule has 0 amide bonds. The number of nitrogens with one attached hydrogen (secondary N) is 1. The van der Waals surface area contributed by atoms with Gasteiger partial charge < -0.3 is 19.2 Å². The maximum atomic E-state index is 11.3. The molecule has 1 unspecified atom stereocenters.